The van der Waals surface area contributed by atoms with Gasteiger partial charge in [0, 0.05) is 6.61 Å². The van der Waals surface area contributed by atoms with Crippen LogP contribution in [0.1, 0.15) is 39.0 Å². The summed E-state index contributed by atoms with van der Waals surface area (Å²) < 4.78 is 40.2. The second-order valence-corrected chi connectivity index (χ2v) is 5.48. The van der Waals surface area contributed by atoms with Gasteiger partial charge in [-0.05, 0) is 50.0 Å². The Morgan fingerprint density at radius 1 is 1.22 bits per heavy atom. The SMILES string of the molecule is CC1CCC(CN)C(CCCOCC(F)(F)F)C1. The zero-order valence-corrected chi connectivity index (χ0v) is 11.0. The van der Waals surface area contributed by atoms with Gasteiger partial charge in [0.2, 0.25) is 0 Å². The van der Waals surface area contributed by atoms with Crippen molar-refractivity contribution in [3.8, 4) is 0 Å². The lowest BCUT2D eigenvalue weighted by Crippen LogP contribution is -2.30. The van der Waals surface area contributed by atoms with Crippen molar-refractivity contribution in [2.75, 3.05) is 19.8 Å². The summed E-state index contributed by atoms with van der Waals surface area (Å²) in [4.78, 5) is 0. The minimum atomic E-state index is -4.21. The molecule has 3 unspecified atom stereocenters. The second kappa shape index (κ2) is 7.34. The van der Waals surface area contributed by atoms with Crippen LogP contribution in [-0.2, 0) is 4.74 Å². The highest BCUT2D eigenvalue weighted by molar-refractivity contribution is 4.79. The van der Waals surface area contributed by atoms with E-state index in [1.807, 2.05) is 0 Å². The van der Waals surface area contributed by atoms with Crippen molar-refractivity contribution in [1.29, 1.82) is 0 Å². The molecule has 0 aliphatic heterocycles. The van der Waals surface area contributed by atoms with Crippen LogP contribution in [0.5, 0.6) is 0 Å². The third kappa shape index (κ3) is 6.05. The number of ether oxygens (including phenoxy) is 1. The summed E-state index contributed by atoms with van der Waals surface area (Å²) in [5, 5.41) is 0. The van der Waals surface area contributed by atoms with Crippen LogP contribution in [0.2, 0.25) is 0 Å². The van der Waals surface area contributed by atoms with Gasteiger partial charge in [-0.1, -0.05) is 13.3 Å². The Morgan fingerprint density at radius 3 is 2.56 bits per heavy atom. The largest absolute Gasteiger partial charge is 0.411 e. The number of hydrogen-bond acceptors (Lipinski definition) is 2. The Morgan fingerprint density at radius 2 is 1.94 bits per heavy atom. The van der Waals surface area contributed by atoms with Gasteiger partial charge in [-0.15, -0.1) is 0 Å². The summed E-state index contributed by atoms with van der Waals surface area (Å²) in [6.07, 6.45) is 0.961. The van der Waals surface area contributed by atoms with Crippen molar-refractivity contribution in [2.24, 2.45) is 23.5 Å². The Balaban J connectivity index is 2.16. The zero-order valence-electron chi connectivity index (χ0n) is 11.0. The van der Waals surface area contributed by atoms with Crippen LogP contribution in [0.15, 0.2) is 0 Å². The Bertz CT molecular complexity index is 233. The summed E-state index contributed by atoms with van der Waals surface area (Å²) in [7, 11) is 0. The fourth-order valence-corrected chi connectivity index (χ4v) is 2.86. The van der Waals surface area contributed by atoms with Gasteiger partial charge in [0.05, 0.1) is 0 Å². The topological polar surface area (TPSA) is 35.2 Å². The van der Waals surface area contributed by atoms with E-state index in [0.717, 1.165) is 19.3 Å². The smallest absolute Gasteiger partial charge is 0.372 e. The molecule has 1 aliphatic carbocycles. The first-order valence-corrected chi connectivity index (χ1v) is 6.77. The van der Waals surface area contributed by atoms with Crippen molar-refractivity contribution in [2.45, 2.75) is 45.2 Å². The molecule has 0 amide bonds. The molecule has 0 saturated heterocycles. The summed E-state index contributed by atoms with van der Waals surface area (Å²) in [5.74, 6) is 1.82. The lowest BCUT2D eigenvalue weighted by molar-refractivity contribution is -0.174. The molecular weight excluding hydrogens is 243 g/mol. The molecule has 1 saturated carbocycles. The molecular formula is C13H24F3NO. The van der Waals surface area contributed by atoms with Gasteiger partial charge in [0.15, 0.2) is 0 Å². The van der Waals surface area contributed by atoms with Gasteiger partial charge in [-0.2, -0.15) is 13.2 Å². The highest BCUT2D eigenvalue weighted by atomic mass is 19.4. The maximum absolute atomic E-state index is 11.9. The van der Waals surface area contributed by atoms with Crippen LogP contribution in [-0.4, -0.2) is 25.9 Å². The standard InChI is InChI=1S/C13H24F3NO/c1-10-4-5-12(8-17)11(7-10)3-2-6-18-9-13(14,15)16/h10-12H,2-9,17H2,1H3. The molecule has 5 heteroatoms. The fourth-order valence-electron chi connectivity index (χ4n) is 2.86. The van der Waals surface area contributed by atoms with E-state index in [9.17, 15) is 13.2 Å². The van der Waals surface area contributed by atoms with Crippen molar-refractivity contribution in [3.63, 3.8) is 0 Å². The van der Waals surface area contributed by atoms with E-state index in [4.69, 9.17) is 5.73 Å². The Labute approximate surface area is 107 Å². The lowest BCUT2D eigenvalue weighted by atomic mass is 9.73. The third-order valence-corrected chi connectivity index (χ3v) is 3.83. The van der Waals surface area contributed by atoms with Crippen LogP contribution >= 0.6 is 0 Å². The first kappa shape index (κ1) is 15.8. The number of rotatable bonds is 6. The number of hydrogen-bond donors (Lipinski definition) is 1. The Hall–Kier alpha value is -0.290. The number of nitrogens with two attached hydrogens (primary N) is 1. The van der Waals surface area contributed by atoms with Crippen LogP contribution in [0.4, 0.5) is 13.2 Å². The van der Waals surface area contributed by atoms with E-state index in [1.54, 1.807) is 0 Å². The minimum Gasteiger partial charge on any atom is -0.372 e. The van der Waals surface area contributed by atoms with Crippen molar-refractivity contribution < 1.29 is 17.9 Å². The van der Waals surface area contributed by atoms with Gasteiger partial charge >= 0.3 is 6.18 Å². The predicted molar refractivity (Wildman–Crippen MR) is 65.2 cm³/mol. The molecule has 0 spiro atoms. The van der Waals surface area contributed by atoms with Crippen molar-refractivity contribution in [3.05, 3.63) is 0 Å². The highest BCUT2D eigenvalue weighted by Crippen LogP contribution is 2.35. The monoisotopic (exact) mass is 267 g/mol. The molecule has 2 N–H and O–H groups in total. The molecule has 18 heavy (non-hydrogen) atoms. The maximum atomic E-state index is 11.9. The molecule has 0 aromatic heterocycles. The maximum Gasteiger partial charge on any atom is 0.411 e. The summed E-state index contributed by atoms with van der Waals surface area (Å²) >= 11 is 0. The van der Waals surface area contributed by atoms with E-state index in [-0.39, 0.29) is 6.61 Å². The first-order valence-electron chi connectivity index (χ1n) is 6.77. The van der Waals surface area contributed by atoms with Gasteiger partial charge < -0.3 is 10.5 Å². The molecule has 0 aromatic carbocycles. The molecule has 1 rings (SSSR count). The van der Waals surface area contributed by atoms with E-state index >= 15 is 0 Å². The van der Waals surface area contributed by atoms with Crippen LogP contribution in [0, 0.1) is 17.8 Å². The van der Waals surface area contributed by atoms with E-state index in [2.05, 4.69) is 11.7 Å². The molecule has 1 fully saturated rings. The van der Waals surface area contributed by atoms with Gasteiger partial charge in [-0.25, -0.2) is 0 Å². The molecule has 0 aromatic rings. The average molecular weight is 267 g/mol. The molecule has 108 valence electrons. The summed E-state index contributed by atoms with van der Waals surface area (Å²) in [6.45, 7) is 2.00. The highest BCUT2D eigenvalue weighted by Gasteiger charge is 2.28. The van der Waals surface area contributed by atoms with Gasteiger partial charge in [0.25, 0.3) is 0 Å². The summed E-state index contributed by atoms with van der Waals surface area (Å²) in [5.41, 5.74) is 5.75. The number of alkyl halides is 3. The van der Waals surface area contributed by atoms with E-state index in [1.165, 1.54) is 6.42 Å². The normalized spacial score (nSPS) is 29.5. The first-order chi connectivity index (χ1) is 8.42. The molecule has 0 radical (unpaired) electrons. The molecule has 1 aliphatic rings. The molecule has 0 bridgehead atoms. The Kier molecular flexibility index (Phi) is 6.43. The predicted octanol–water partition coefficient (Wildman–Crippen LogP) is 3.36. The minimum absolute atomic E-state index is 0.196. The van der Waals surface area contributed by atoms with Crippen molar-refractivity contribution >= 4 is 0 Å². The van der Waals surface area contributed by atoms with Crippen LogP contribution in [0.3, 0.4) is 0 Å². The zero-order chi connectivity index (χ0) is 13.6. The van der Waals surface area contributed by atoms with Gasteiger partial charge in [-0.3, -0.25) is 0 Å². The average Bonchev–Trinajstić information content (AvgIpc) is 2.27. The second-order valence-electron chi connectivity index (χ2n) is 5.48. The van der Waals surface area contributed by atoms with E-state index in [0.29, 0.717) is 30.7 Å². The third-order valence-electron chi connectivity index (χ3n) is 3.83. The quantitative estimate of drug-likeness (QED) is 0.749. The van der Waals surface area contributed by atoms with Gasteiger partial charge in [0.1, 0.15) is 6.61 Å². The summed E-state index contributed by atoms with van der Waals surface area (Å²) in [6, 6.07) is 0. The number of halogens is 3. The molecule has 3 atom stereocenters. The van der Waals surface area contributed by atoms with Crippen LogP contribution in [0.25, 0.3) is 0 Å². The van der Waals surface area contributed by atoms with Crippen LogP contribution < -0.4 is 5.73 Å². The molecule has 2 nitrogen and oxygen atoms in total. The fraction of sp³-hybridized carbons (Fsp3) is 1.00. The molecule has 0 heterocycles. The lowest BCUT2D eigenvalue weighted by Gasteiger charge is -2.34. The van der Waals surface area contributed by atoms with Crippen molar-refractivity contribution in [1.82, 2.24) is 0 Å². The van der Waals surface area contributed by atoms with E-state index < -0.39 is 12.8 Å².